The number of hydrogen-bond donors (Lipinski definition) is 1. The van der Waals surface area contributed by atoms with Crippen LogP contribution in [-0.4, -0.2) is 13.1 Å². The monoisotopic (exact) mass is 273 g/mol. The van der Waals surface area contributed by atoms with E-state index < -0.39 is 0 Å². The molecule has 0 saturated heterocycles. The summed E-state index contributed by atoms with van der Waals surface area (Å²) in [5.74, 6) is 1.74. The maximum absolute atomic E-state index is 3.60. The van der Waals surface area contributed by atoms with Crippen molar-refractivity contribution < 1.29 is 0 Å². The molecule has 1 N–H and O–H groups in total. The lowest BCUT2D eigenvalue weighted by Crippen LogP contribution is -2.29. The average Bonchev–Trinajstić information content (AvgIpc) is 2.74. The van der Waals surface area contributed by atoms with Gasteiger partial charge in [0.1, 0.15) is 0 Å². The number of nitrogens with one attached hydrogen (secondary N) is 1. The highest BCUT2D eigenvalue weighted by Gasteiger charge is 2.22. The number of hydrogen-bond acceptors (Lipinski definition) is 1. The van der Waals surface area contributed by atoms with Crippen LogP contribution in [0, 0.1) is 18.8 Å². The van der Waals surface area contributed by atoms with Gasteiger partial charge in [0.25, 0.3) is 0 Å². The van der Waals surface area contributed by atoms with Crippen LogP contribution in [0.3, 0.4) is 0 Å². The van der Waals surface area contributed by atoms with Gasteiger partial charge in [0.05, 0.1) is 0 Å². The Morgan fingerprint density at radius 1 is 1.05 bits per heavy atom. The highest BCUT2D eigenvalue weighted by molar-refractivity contribution is 5.21. The summed E-state index contributed by atoms with van der Waals surface area (Å²) in [6.07, 6.45) is 9.94. The fourth-order valence-electron chi connectivity index (χ4n) is 3.54. The highest BCUT2D eigenvalue weighted by atomic mass is 14.8. The first-order chi connectivity index (χ1) is 9.79. The Kier molecular flexibility index (Phi) is 6.59. The van der Waals surface area contributed by atoms with Crippen molar-refractivity contribution in [1.29, 1.82) is 0 Å². The summed E-state index contributed by atoms with van der Waals surface area (Å²) in [5.41, 5.74) is 2.88. The van der Waals surface area contributed by atoms with Gasteiger partial charge in [-0.3, -0.25) is 0 Å². The van der Waals surface area contributed by atoms with Crippen LogP contribution in [-0.2, 0) is 6.42 Å². The Bertz CT molecular complexity index is 360. The van der Waals surface area contributed by atoms with Crippen molar-refractivity contribution in [1.82, 2.24) is 5.32 Å². The molecule has 20 heavy (non-hydrogen) atoms. The molecule has 1 saturated carbocycles. The summed E-state index contributed by atoms with van der Waals surface area (Å²) < 4.78 is 0. The Morgan fingerprint density at radius 3 is 2.30 bits per heavy atom. The lowest BCUT2D eigenvalue weighted by molar-refractivity contribution is 0.286. The minimum atomic E-state index is 0.816. The molecule has 1 aromatic rings. The third-order valence-electron chi connectivity index (χ3n) is 4.84. The molecule has 1 fully saturated rings. The van der Waals surface area contributed by atoms with Crippen molar-refractivity contribution in [3.63, 3.8) is 0 Å². The van der Waals surface area contributed by atoms with E-state index in [2.05, 4.69) is 43.4 Å². The van der Waals surface area contributed by atoms with Crippen molar-refractivity contribution in [2.24, 2.45) is 11.8 Å². The fourth-order valence-corrected chi connectivity index (χ4v) is 3.54. The SMILES string of the molecule is CCNCC(Cc1ccc(C)cc1)C1CCCCCC1. The van der Waals surface area contributed by atoms with E-state index in [4.69, 9.17) is 0 Å². The maximum atomic E-state index is 3.60. The molecule has 0 radical (unpaired) electrons. The van der Waals surface area contributed by atoms with Crippen LogP contribution in [0.1, 0.15) is 56.6 Å². The van der Waals surface area contributed by atoms with Gasteiger partial charge in [0.2, 0.25) is 0 Å². The molecule has 0 aliphatic heterocycles. The molecule has 1 heteroatoms. The molecule has 0 spiro atoms. The topological polar surface area (TPSA) is 12.0 Å². The molecule has 0 amide bonds. The third kappa shape index (κ3) is 4.94. The van der Waals surface area contributed by atoms with Gasteiger partial charge in [-0.1, -0.05) is 75.3 Å². The van der Waals surface area contributed by atoms with Gasteiger partial charge in [0.15, 0.2) is 0 Å². The van der Waals surface area contributed by atoms with Crippen LogP contribution < -0.4 is 5.32 Å². The second-order valence-electron chi connectivity index (χ2n) is 6.51. The molecule has 112 valence electrons. The standard InChI is InChI=1S/C19H31N/c1-3-20-15-19(18-8-6-4-5-7-9-18)14-17-12-10-16(2)11-13-17/h10-13,18-20H,3-9,14-15H2,1-2H3. The van der Waals surface area contributed by atoms with Crippen molar-refractivity contribution in [3.05, 3.63) is 35.4 Å². The Balaban J connectivity index is 1.99. The zero-order chi connectivity index (χ0) is 14.2. The van der Waals surface area contributed by atoms with Crippen LogP contribution in [0.15, 0.2) is 24.3 Å². The summed E-state index contributed by atoms with van der Waals surface area (Å²) in [4.78, 5) is 0. The first-order valence-electron chi connectivity index (χ1n) is 8.56. The Hall–Kier alpha value is -0.820. The summed E-state index contributed by atoms with van der Waals surface area (Å²) >= 11 is 0. The summed E-state index contributed by atoms with van der Waals surface area (Å²) in [6, 6.07) is 9.16. The molecule has 1 aromatic carbocycles. The molecule has 2 rings (SSSR count). The number of benzene rings is 1. The summed E-state index contributed by atoms with van der Waals surface area (Å²) in [6.45, 7) is 6.67. The zero-order valence-electron chi connectivity index (χ0n) is 13.3. The van der Waals surface area contributed by atoms with Gasteiger partial charge < -0.3 is 5.32 Å². The van der Waals surface area contributed by atoms with Crippen LogP contribution in [0.2, 0.25) is 0 Å². The normalized spacial score (nSPS) is 18.7. The first kappa shape index (κ1) is 15.6. The van der Waals surface area contributed by atoms with Crippen molar-refractivity contribution >= 4 is 0 Å². The molecule has 1 atom stereocenters. The minimum absolute atomic E-state index is 0.816. The second kappa shape index (κ2) is 8.46. The van der Waals surface area contributed by atoms with Crippen molar-refractivity contribution in [3.8, 4) is 0 Å². The van der Waals surface area contributed by atoms with E-state index in [9.17, 15) is 0 Å². The van der Waals surface area contributed by atoms with Crippen molar-refractivity contribution in [2.75, 3.05) is 13.1 Å². The lowest BCUT2D eigenvalue weighted by Gasteiger charge is -2.27. The third-order valence-corrected chi connectivity index (χ3v) is 4.84. The van der Waals surface area contributed by atoms with Gasteiger partial charge >= 0.3 is 0 Å². The van der Waals surface area contributed by atoms with E-state index in [0.717, 1.165) is 18.4 Å². The van der Waals surface area contributed by atoms with Crippen LogP contribution in [0.5, 0.6) is 0 Å². The number of rotatable bonds is 6. The zero-order valence-corrected chi connectivity index (χ0v) is 13.3. The van der Waals surface area contributed by atoms with E-state index in [1.807, 2.05) is 0 Å². The smallest absolute Gasteiger partial charge is 0.00148 e. The predicted molar refractivity (Wildman–Crippen MR) is 88.1 cm³/mol. The van der Waals surface area contributed by atoms with Crippen molar-refractivity contribution in [2.45, 2.75) is 58.8 Å². The molecule has 1 unspecified atom stereocenters. The highest BCUT2D eigenvalue weighted by Crippen LogP contribution is 2.31. The van der Waals surface area contributed by atoms with Gasteiger partial charge in [-0.25, -0.2) is 0 Å². The molecule has 0 aromatic heterocycles. The molecule has 0 bridgehead atoms. The summed E-state index contributed by atoms with van der Waals surface area (Å²) in [5, 5.41) is 3.60. The molecular weight excluding hydrogens is 242 g/mol. The van der Waals surface area contributed by atoms with Crippen LogP contribution in [0.4, 0.5) is 0 Å². The maximum Gasteiger partial charge on any atom is -0.00148 e. The van der Waals surface area contributed by atoms with E-state index in [1.165, 1.54) is 62.6 Å². The minimum Gasteiger partial charge on any atom is -0.317 e. The van der Waals surface area contributed by atoms with Gasteiger partial charge in [0, 0.05) is 0 Å². The Labute approximate surface area is 125 Å². The van der Waals surface area contributed by atoms with E-state index >= 15 is 0 Å². The molecule has 1 nitrogen and oxygen atoms in total. The van der Waals surface area contributed by atoms with E-state index in [-0.39, 0.29) is 0 Å². The van der Waals surface area contributed by atoms with E-state index in [0.29, 0.717) is 0 Å². The molecular formula is C19H31N. The van der Waals surface area contributed by atoms with Gasteiger partial charge in [-0.2, -0.15) is 0 Å². The van der Waals surface area contributed by atoms with Gasteiger partial charge in [-0.05, 0) is 43.8 Å². The Morgan fingerprint density at radius 2 is 1.70 bits per heavy atom. The van der Waals surface area contributed by atoms with Crippen LogP contribution >= 0.6 is 0 Å². The molecule has 0 heterocycles. The van der Waals surface area contributed by atoms with E-state index in [1.54, 1.807) is 0 Å². The fraction of sp³-hybridized carbons (Fsp3) is 0.684. The average molecular weight is 273 g/mol. The van der Waals surface area contributed by atoms with Crippen LogP contribution in [0.25, 0.3) is 0 Å². The predicted octanol–water partition coefficient (Wildman–Crippen LogP) is 4.73. The molecule has 1 aliphatic carbocycles. The second-order valence-corrected chi connectivity index (χ2v) is 6.51. The summed E-state index contributed by atoms with van der Waals surface area (Å²) in [7, 11) is 0. The molecule has 1 aliphatic rings. The number of aryl methyl sites for hydroxylation is 1. The van der Waals surface area contributed by atoms with Gasteiger partial charge in [-0.15, -0.1) is 0 Å². The largest absolute Gasteiger partial charge is 0.317 e. The quantitative estimate of drug-likeness (QED) is 0.739. The first-order valence-corrected chi connectivity index (χ1v) is 8.56. The lowest BCUT2D eigenvalue weighted by atomic mass is 9.82.